The SMILES string of the molecule is CCCCCCN1CCC[C@H](NCc2ccccc2OC)[C@@H]1c1ccccc1. The fraction of sp³-hybridized carbons (Fsp3) is 0.520. The number of hydrogen-bond donors (Lipinski definition) is 1. The molecule has 152 valence electrons. The van der Waals surface area contributed by atoms with Crippen LogP contribution >= 0.6 is 0 Å². The van der Waals surface area contributed by atoms with Crippen molar-refractivity contribution in [3.8, 4) is 5.75 Å². The van der Waals surface area contributed by atoms with Crippen LogP contribution in [0.2, 0.25) is 0 Å². The highest BCUT2D eigenvalue weighted by Crippen LogP contribution is 2.32. The number of rotatable bonds is 10. The second kappa shape index (κ2) is 11.2. The van der Waals surface area contributed by atoms with Crippen LogP contribution in [0.15, 0.2) is 54.6 Å². The van der Waals surface area contributed by atoms with Gasteiger partial charge in [0.05, 0.1) is 13.2 Å². The monoisotopic (exact) mass is 380 g/mol. The number of nitrogens with one attached hydrogen (secondary N) is 1. The molecule has 2 aromatic carbocycles. The van der Waals surface area contributed by atoms with Gasteiger partial charge in [-0.2, -0.15) is 0 Å². The van der Waals surface area contributed by atoms with Crippen molar-refractivity contribution in [3.05, 3.63) is 65.7 Å². The molecule has 0 spiro atoms. The van der Waals surface area contributed by atoms with Gasteiger partial charge in [-0.25, -0.2) is 0 Å². The van der Waals surface area contributed by atoms with E-state index in [4.69, 9.17) is 4.74 Å². The summed E-state index contributed by atoms with van der Waals surface area (Å²) < 4.78 is 5.54. The van der Waals surface area contributed by atoms with E-state index in [1.54, 1.807) is 7.11 Å². The van der Waals surface area contributed by atoms with E-state index in [9.17, 15) is 0 Å². The third kappa shape index (κ3) is 5.59. The summed E-state index contributed by atoms with van der Waals surface area (Å²) in [5, 5.41) is 3.87. The number of methoxy groups -OCH3 is 1. The lowest BCUT2D eigenvalue weighted by atomic mass is 9.89. The molecule has 0 aromatic heterocycles. The molecule has 1 heterocycles. The Balaban J connectivity index is 1.71. The van der Waals surface area contributed by atoms with E-state index in [-0.39, 0.29) is 0 Å². The van der Waals surface area contributed by atoms with Crippen LogP contribution in [0.25, 0.3) is 0 Å². The summed E-state index contributed by atoms with van der Waals surface area (Å²) in [6.45, 7) is 5.54. The maximum absolute atomic E-state index is 5.54. The quantitative estimate of drug-likeness (QED) is 0.545. The lowest BCUT2D eigenvalue weighted by Gasteiger charge is -2.42. The standard InChI is InChI=1S/C25H36N2O/c1-3-4-5-11-18-27-19-12-16-23(25(27)21-13-7-6-8-14-21)26-20-22-15-9-10-17-24(22)28-2/h6-10,13-15,17,23,25-26H,3-5,11-12,16,18-20H2,1-2H3/t23-,25-/m0/s1. The van der Waals surface area contributed by atoms with Gasteiger partial charge in [0, 0.05) is 18.2 Å². The second-order valence-electron chi connectivity index (χ2n) is 7.89. The third-order valence-electron chi connectivity index (χ3n) is 5.92. The normalized spacial score (nSPS) is 20.2. The molecule has 3 rings (SSSR count). The van der Waals surface area contributed by atoms with E-state index >= 15 is 0 Å². The molecule has 1 fully saturated rings. The third-order valence-corrected chi connectivity index (χ3v) is 5.92. The lowest BCUT2D eigenvalue weighted by molar-refractivity contribution is 0.108. The van der Waals surface area contributed by atoms with Gasteiger partial charge in [0.15, 0.2) is 0 Å². The molecule has 2 aromatic rings. The maximum Gasteiger partial charge on any atom is 0.123 e. The summed E-state index contributed by atoms with van der Waals surface area (Å²) >= 11 is 0. The highest BCUT2D eigenvalue weighted by molar-refractivity contribution is 5.33. The van der Waals surface area contributed by atoms with Crippen LogP contribution in [0.1, 0.15) is 62.6 Å². The largest absolute Gasteiger partial charge is 0.496 e. The molecular formula is C25H36N2O. The number of benzene rings is 2. The molecule has 0 radical (unpaired) electrons. The molecule has 0 amide bonds. The molecule has 0 unspecified atom stereocenters. The van der Waals surface area contributed by atoms with Crippen LogP contribution in [0.4, 0.5) is 0 Å². The molecule has 0 bridgehead atoms. The number of hydrogen-bond acceptors (Lipinski definition) is 3. The molecule has 1 N–H and O–H groups in total. The Morgan fingerprint density at radius 3 is 2.57 bits per heavy atom. The zero-order chi connectivity index (χ0) is 19.6. The Morgan fingerprint density at radius 1 is 1.00 bits per heavy atom. The Labute approximate surface area is 171 Å². The first-order valence-corrected chi connectivity index (χ1v) is 11.0. The van der Waals surface area contributed by atoms with Gasteiger partial charge in [-0.1, -0.05) is 74.7 Å². The van der Waals surface area contributed by atoms with E-state index in [1.165, 1.54) is 62.7 Å². The number of ether oxygens (including phenoxy) is 1. The average molecular weight is 381 g/mol. The van der Waals surface area contributed by atoms with Crippen molar-refractivity contribution in [1.82, 2.24) is 10.2 Å². The van der Waals surface area contributed by atoms with Crippen molar-refractivity contribution < 1.29 is 4.74 Å². The van der Waals surface area contributed by atoms with E-state index in [1.807, 2.05) is 12.1 Å². The van der Waals surface area contributed by atoms with Crippen molar-refractivity contribution in [2.45, 2.75) is 64.1 Å². The molecular weight excluding hydrogens is 344 g/mol. The zero-order valence-corrected chi connectivity index (χ0v) is 17.6. The summed E-state index contributed by atoms with van der Waals surface area (Å²) in [5.74, 6) is 0.971. The topological polar surface area (TPSA) is 24.5 Å². The number of piperidine rings is 1. The minimum atomic E-state index is 0.450. The van der Waals surface area contributed by atoms with Gasteiger partial charge in [-0.05, 0) is 44.0 Å². The van der Waals surface area contributed by atoms with Gasteiger partial charge in [-0.3, -0.25) is 4.90 Å². The molecule has 28 heavy (non-hydrogen) atoms. The van der Waals surface area contributed by atoms with Gasteiger partial charge >= 0.3 is 0 Å². The van der Waals surface area contributed by atoms with Crippen LogP contribution in [-0.4, -0.2) is 31.1 Å². The second-order valence-corrected chi connectivity index (χ2v) is 7.89. The van der Waals surface area contributed by atoms with Crippen molar-refractivity contribution in [3.63, 3.8) is 0 Å². The molecule has 3 nitrogen and oxygen atoms in total. The summed E-state index contributed by atoms with van der Waals surface area (Å²) in [6, 6.07) is 20.3. The van der Waals surface area contributed by atoms with Crippen LogP contribution in [0.3, 0.4) is 0 Å². The average Bonchev–Trinajstić information content (AvgIpc) is 2.76. The highest BCUT2D eigenvalue weighted by atomic mass is 16.5. The maximum atomic E-state index is 5.54. The summed E-state index contributed by atoms with van der Waals surface area (Å²) in [7, 11) is 1.75. The molecule has 1 saturated heterocycles. The molecule has 3 heteroatoms. The van der Waals surface area contributed by atoms with Crippen LogP contribution in [0.5, 0.6) is 5.75 Å². The predicted octanol–water partition coefficient (Wildman–Crippen LogP) is 5.57. The summed E-state index contributed by atoms with van der Waals surface area (Å²) in [6.07, 6.45) is 7.77. The first-order valence-electron chi connectivity index (χ1n) is 11.0. The van der Waals surface area contributed by atoms with Crippen molar-refractivity contribution >= 4 is 0 Å². The van der Waals surface area contributed by atoms with Crippen LogP contribution in [-0.2, 0) is 6.54 Å². The van der Waals surface area contributed by atoms with Crippen LogP contribution in [0, 0.1) is 0 Å². The highest BCUT2D eigenvalue weighted by Gasteiger charge is 2.32. The fourth-order valence-corrected chi connectivity index (χ4v) is 4.46. The van der Waals surface area contributed by atoms with Gasteiger partial charge in [0.2, 0.25) is 0 Å². The Bertz CT molecular complexity index is 688. The van der Waals surface area contributed by atoms with Gasteiger partial charge in [0.25, 0.3) is 0 Å². The Kier molecular flexibility index (Phi) is 8.38. The lowest BCUT2D eigenvalue weighted by Crippen LogP contribution is -2.48. The summed E-state index contributed by atoms with van der Waals surface area (Å²) in [5.41, 5.74) is 2.67. The number of unbranched alkanes of at least 4 members (excludes halogenated alkanes) is 3. The summed E-state index contributed by atoms with van der Waals surface area (Å²) in [4.78, 5) is 2.72. The first-order chi connectivity index (χ1) is 13.8. The zero-order valence-electron chi connectivity index (χ0n) is 17.6. The van der Waals surface area contributed by atoms with Crippen molar-refractivity contribution in [2.24, 2.45) is 0 Å². The van der Waals surface area contributed by atoms with Crippen LogP contribution < -0.4 is 10.1 Å². The first kappa shape index (κ1) is 20.9. The van der Waals surface area contributed by atoms with E-state index in [0.717, 1.165) is 12.3 Å². The van der Waals surface area contributed by atoms with E-state index in [0.29, 0.717) is 12.1 Å². The van der Waals surface area contributed by atoms with Crippen molar-refractivity contribution in [1.29, 1.82) is 0 Å². The molecule has 1 aliphatic rings. The Morgan fingerprint density at radius 2 is 1.79 bits per heavy atom. The smallest absolute Gasteiger partial charge is 0.123 e. The molecule has 0 aliphatic carbocycles. The van der Waals surface area contributed by atoms with Gasteiger partial charge in [-0.15, -0.1) is 0 Å². The minimum Gasteiger partial charge on any atom is -0.496 e. The molecule has 2 atom stereocenters. The van der Waals surface area contributed by atoms with Gasteiger partial charge in [0.1, 0.15) is 5.75 Å². The molecule has 0 saturated carbocycles. The van der Waals surface area contributed by atoms with Gasteiger partial charge < -0.3 is 10.1 Å². The van der Waals surface area contributed by atoms with Crippen molar-refractivity contribution in [2.75, 3.05) is 20.2 Å². The fourth-order valence-electron chi connectivity index (χ4n) is 4.46. The van der Waals surface area contributed by atoms with E-state index < -0.39 is 0 Å². The molecule has 1 aliphatic heterocycles. The predicted molar refractivity (Wildman–Crippen MR) is 118 cm³/mol. The van der Waals surface area contributed by atoms with E-state index in [2.05, 4.69) is 59.6 Å². The number of nitrogens with zero attached hydrogens (tertiary/aromatic N) is 1. The Hall–Kier alpha value is -1.84. The minimum absolute atomic E-state index is 0.450. The number of para-hydroxylation sites is 1. The number of likely N-dealkylation sites (tertiary alicyclic amines) is 1.